The maximum atomic E-state index is 12.3. The summed E-state index contributed by atoms with van der Waals surface area (Å²) in [5.74, 6) is 0.812. The molecule has 0 spiro atoms. The lowest BCUT2D eigenvalue weighted by molar-refractivity contribution is -0.128. The van der Waals surface area contributed by atoms with Gasteiger partial charge in [0.1, 0.15) is 5.75 Å². The van der Waals surface area contributed by atoms with Gasteiger partial charge >= 0.3 is 0 Å². The summed E-state index contributed by atoms with van der Waals surface area (Å²) in [5.41, 5.74) is 0.947. The van der Waals surface area contributed by atoms with E-state index in [1.165, 1.54) is 0 Å². The third kappa shape index (κ3) is 4.81. The lowest BCUT2D eigenvalue weighted by Crippen LogP contribution is -2.52. The van der Waals surface area contributed by atoms with Crippen LogP contribution in [0.3, 0.4) is 0 Å². The maximum Gasteiger partial charge on any atom is 0.246 e. The standard InChI is InChI=1S/C18H26N2O3/c1-3-16(14-21)19-9-11-20(12-10-19)18(22)8-7-15-5-4-6-17(13-15)23-2/h4-8,13,16,21H,3,9-12,14H2,1-2H3/b8-7+. The Morgan fingerprint density at radius 3 is 2.70 bits per heavy atom. The van der Waals surface area contributed by atoms with E-state index in [0.717, 1.165) is 30.8 Å². The number of rotatable bonds is 6. The third-order valence-corrected chi connectivity index (χ3v) is 4.34. The molecule has 1 aromatic carbocycles. The molecule has 1 fully saturated rings. The molecule has 0 aromatic heterocycles. The Morgan fingerprint density at radius 2 is 2.09 bits per heavy atom. The molecule has 1 N–H and O–H groups in total. The van der Waals surface area contributed by atoms with Gasteiger partial charge in [-0.25, -0.2) is 0 Å². The number of benzene rings is 1. The number of carbonyl (C=O) groups is 1. The van der Waals surface area contributed by atoms with Crippen LogP contribution in [-0.4, -0.2) is 66.8 Å². The highest BCUT2D eigenvalue weighted by atomic mass is 16.5. The lowest BCUT2D eigenvalue weighted by atomic mass is 10.1. The lowest BCUT2D eigenvalue weighted by Gasteiger charge is -2.38. The molecule has 1 atom stereocenters. The Bertz CT molecular complexity index is 533. The number of nitrogens with zero attached hydrogens (tertiary/aromatic N) is 2. The zero-order valence-corrected chi connectivity index (χ0v) is 13.9. The molecular formula is C18H26N2O3. The van der Waals surface area contributed by atoms with Crippen molar-refractivity contribution in [3.8, 4) is 5.75 Å². The molecule has 23 heavy (non-hydrogen) atoms. The zero-order chi connectivity index (χ0) is 16.7. The normalized spacial score (nSPS) is 17.4. The molecule has 126 valence electrons. The van der Waals surface area contributed by atoms with Crippen LogP contribution in [0.5, 0.6) is 5.75 Å². The molecule has 1 unspecified atom stereocenters. The number of carbonyl (C=O) groups excluding carboxylic acids is 1. The fraction of sp³-hybridized carbons (Fsp3) is 0.500. The van der Waals surface area contributed by atoms with E-state index in [1.807, 2.05) is 35.2 Å². The first-order chi connectivity index (χ1) is 11.2. The van der Waals surface area contributed by atoms with Gasteiger partial charge in [-0.2, -0.15) is 0 Å². The van der Waals surface area contributed by atoms with E-state index in [0.29, 0.717) is 13.1 Å². The minimum atomic E-state index is 0.0320. The molecule has 1 aromatic rings. The van der Waals surface area contributed by atoms with Crippen LogP contribution in [0.2, 0.25) is 0 Å². The van der Waals surface area contributed by atoms with Gasteiger partial charge in [-0.15, -0.1) is 0 Å². The highest BCUT2D eigenvalue weighted by Gasteiger charge is 2.23. The van der Waals surface area contributed by atoms with Crippen LogP contribution in [0.4, 0.5) is 0 Å². The van der Waals surface area contributed by atoms with Gasteiger partial charge in [0, 0.05) is 38.3 Å². The quantitative estimate of drug-likeness (QED) is 0.810. The van der Waals surface area contributed by atoms with Crippen molar-refractivity contribution in [3.63, 3.8) is 0 Å². The van der Waals surface area contributed by atoms with Gasteiger partial charge in [-0.05, 0) is 30.2 Å². The van der Waals surface area contributed by atoms with Gasteiger partial charge in [0.25, 0.3) is 0 Å². The first-order valence-electron chi connectivity index (χ1n) is 8.14. The summed E-state index contributed by atoms with van der Waals surface area (Å²) < 4.78 is 5.18. The summed E-state index contributed by atoms with van der Waals surface area (Å²) in [5, 5.41) is 9.36. The van der Waals surface area contributed by atoms with Crippen LogP contribution in [0.25, 0.3) is 6.08 Å². The van der Waals surface area contributed by atoms with Crippen LogP contribution < -0.4 is 4.74 Å². The van der Waals surface area contributed by atoms with Crippen molar-refractivity contribution in [1.29, 1.82) is 0 Å². The molecule has 0 radical (unpaired) electrons. The summed E-state index contributed by atoms with van der Waals surface area (Å²) in [7, 11) is 1.63. The molecule has 0 aliphatic carbocycles. The van der Waals surface area contributed by atoms with E-state index in [4.69, 9.17) is 4.74 Å². The van der Waals surface area contributed by atoms with E-state index < -0.39 is 0 Å². The molecule has 1 heterocycles. The number of hydrogen-bond acceptors (Lipinski definition) is 4. The van der Waals surface area contributed by atoms with Crippen molar-refractivity contribution < 1.29 is 14.6 Å². The number of aliphatic hydroxyl groups excluding tert-OH is 1. The van der Waals surface area contributed by atoms with Crippen LogP contribution >= 0.6 is 0 Å². The van der Waals surface area contributed by atoms with Crippen molar-refractivity contribution in [3.05, 3.63) is 35.9 Å². The van der Waals surface area contributed by atoms with E-state index in [1.54, 1.807) is 13.2 Å². The van der Waals surface area contributed by atoms with Gasteiger partial charge < -0.3 is 14.7 Å². The molecule has 5 heteroatoms. The second-order valence-corrected chi connectivity index (χ2v) is 5.72. The second kappa shape index (κ2) is 8.70. The maximum absolute atomic E-state index is 12.3. The van der Waals surface area contributed by atoms with E-state index in [2.05, 4.69) is 11.8 Å². The van der Waals surface area contributed by atoms with Crippen molar-refractivity contribution in [1.82, 2.24) is 9.80 Å². The molecule has 1 amide bonds. The van der Waals surface area contributed by atoms with Gasteiger partial charge in [0.05, 0.1) is 13.7 Å². The number of aliphatic hydroxyl groups is 1. The Kier molecular flexibility index (Phi) is 6.62. The molecule has 2 rings (SSSR count). The monoisotopic (exact) mass is 318 g/mol. The topological polar surface area (TPSA) is 53.0 Å². The molecule has 0 bridgehead atoms. The van der Waals surface area contributed by atoms with Gasteiger partial charge in [-0.3, -0.25) is 9.69 Å². The van der Waals surface area contributed by atoms with Crippen LogP contribution in [0.15, 0.2) is 30.3 Å². The number of amides is 1. The first kappa shape index (κ1) is 17.5. The average Bonchev–Trinajstić information content (AvgIpc) is 2.61. The number of piperazine rings is 1. The predicted octanol–water partition coefficient (Wildman–Crippen LogP) is 1.62. The first-order valence-corrected chi connectivity index (χ1v) is 8.14. The summed E-state index contributed by atoms with van der Waals surface area (Å²) in [4.78, 5) is 16.4. The minimum absolute atomic E-state index is 0.0320. The zero-order valence-electron chi connectivity index (χ0n) is 13.9. The van der Waals surface area contributed by atoms with E-state index in [9.17, 15) is 9.90 Å². The fourth-order valence-corrected chi connectivity index (χ4v) is 2.83. The smallest absolute Gasteiger partial charge is 0.246 e. The summed E-state index contributed by atoms with van der Waals surface area (Å²) >= 11 is 0. The van der Waals surface area contributed by atoms with Crippen molar-refractivity contribution >= 4 is 12.0 Å². The SMILES string of the molecule is CCC(CO)N1CCN(C(=O)/C=C/c2cccc(OC)c2)CC1. The minimum Gasteiger partial charge on any atom is -0.497 e. The second-order valence-electron chi connectivity index (χ2n) is 5.72. The van der Waals surface area contributed by atoms with Gasteiger partial charge in [-0.1, -0.05) is 19.1 Å². The van der Waals surface area contributed by atoms with E-state index in [-0.39, 0.29) is 18.6 Å². The largest absolute Gasteiger partial charge is 0.497 e. The molecule has 1 aliphatic heterocycles. The Hall–Kier alpha value is -1.85. The van der Waals surface area contributed by atoms with Crippen LogP contribution in [-0.2, 0) is 4.79 Å². The number of methoxy groups -OCH3 is 1. The van der Waals surface area contributed by atoms with Crippen molar-refractivity contribution in [2.24, 2.45) is 0 Å². The van der Waals surface area contributed by atoms with Gasteiger partial charge in [0.15, 0.2) is 0 Å². The number of hydrogen-bond donors (Lipinski definition) is 1. The molecule has 0 saturated carbocycles. The predicted molar refractivity (Wildman–Crippen MR) is 91.3 cm³/mol. The Balaban J connectivity index is 1.88. The summed E-state index contributed by atoms with van der Waals surface area (Å²) in [6, 6.07) is 7.83. The Morgan fingerprint density at radius 1 is 1.35 bits per heavy atom. The van der Waals surface area contributed by atoms with Gasteiger partial charge in [0.2, 0.25) is 5.91 Å². The highest BCUT2D eigenvalue weighted by Crippen LogP contribution is 2.14. The molecule has 5 nitrogen and oxygen atoms in total. The summed E-state index contributed by atoms with van der Waals surface area (Å²) in [6.07, 6.45) is 4.37. The van der Waals surface area contributed by atoms with Crippen LogP contribution in [0, 0.1) is 0 Å². The third-order valence-electron chi connectivity index (χ3n) is 4.34. The van der Waals surface area contributed by atoms with Crippen molar-refractivity contribution in [2.75, 3.05) is 39.9 Å². The van der Waals surface area contributed by atoms with E-state index >= 15 is 0 Å². The molecular weight excluding hydrogens is 292 g/mol. The molecule has 1 saturated heterocycles. The van der Waals surface area contributed by atoms with Crippen LogP contribution in [0.1, 0.15) is 18.9 Å². The number of ether oxygens (including phenoxy) is 1. The average molecular weight is 318 g/mol. The summed E-state index contributed by atoms with van der Waals surface area (Å²) in [6.45, 7) is 5.31. The van der Waals surface area contributed by atoms with Crippen molar-refractivity contribution in [2.45, 2.75) is 19.4 Å². The molecule has 1 aliphatic rings. The Labute approximate surface area is 138 Å². The highest BCUT2D eigenvalue weighted by molar-refractivity contribution is 5.91. The fourth-order valence-electron chi connectivity index (χ4n) is 2.83.